The summed E-state index contributed by atoms with van der Waals surface area (Å²) >= 11 is 0. The van der Waals surface area contributed by atoms with Crippen LogP contribution in [0, 0.1) is 11.8 Å². The summed E-state index contributed by atoms with van der Waals surface area (Å²) in [6.45, 7) is 11.4. The molecular weight excluding hydrogens is 200 g/mol. The van der Waals surface area contributed by atoms with Crippen LogP contribution in [0.2, 0.25) is 0 Å². The van der Waals surface area contributed by atoms with Crippen molar-refractivity contribution in [3.05, 3.63) is 0 Å². The van der Waals surface area contributed by atoms with Gasteiger partial charge in [-0.25, -0.2) is 0 Å². The van der Waals surface area contributed by atoms with E-state index >= 15 is 0 Å². The van der Waals surface area contributed by atoms with E-state index in [1.165, 1.54) is 32.5 Å². The van der Waals surface area contributed by atoms with Crippen LogP contribution in [-0.4, -0.2) is 51.3 Å². The second kappa shape index (κ2) is 8.04. The van der Waals surface area contributed by atoms with Gasteiger partial charge in [0.1, 0.15) is 0 Å². The van der Waals surface area contributed by atoms with E-state index in [-0.39, 0.29) is 0 Å². The van der Waals surface area contributed by atoms with E-state index in [1.54, 1.807) is 7.11 Å². The Balaban J connectivity index is 1.95. The first-order valence-electron chi connectivity index (χ1n) is 6.64. The summed E-state index contributed by atoms with van der Waals surface area (Å²) in [5.41, 5.74) is 0. The van der Waals surface area contributed by atoms with Crippen molar-refractivity contribution in [2.45, 2.75) is 26.7 Å². The first-order valence-corrected chi connectivity index (χ1v) is 6.64. The van der Waals surface area contributed by atoms with Gasteiger partial charge in [0.15, 0.2) is 0 Å². The second-order valence-corrected chi connectivity index (χ2v) is 5.29. The Hall–Kier alpha value is -0.120. The van der Waals surface area contributed by atoms with Gasteiger partial charge in [0.05, 0.1) is 0 Å². The predicted octanol–water partition coefficient (Wildman–Crippen LogP) is 1.59. The molecule has 16 heavy (non-hydrogen) atoms. The van der Waals surface area contributed by atoms with Crippen molar-refractivity contribution in [3.63, 3.8) is 0 Å². The third-order valence-electron chi connectivity index (χ3n) is 3.43. The Morgan fingerprint density at radius 2 is 2.06 bits per heavy atom. The lowest BCUT2D eigenvalue weighted by molar-refractivity contribution is 0.156. The summed E-state index contributed by atoms with van der Waals surface area (Å²) in [5.74, 6) is 1.55. The first kappa shape index (κ1) is 13.9. The predicted molar refractivity (Wildman–Crippen MR) is 68.7 cm³/mol. The number of likely N-dealkylation sites (tertiary alicyclic amines) is 1. The number of hydrogen-bond donors (Lipinski definition) is 1. The maximum atomic E-state index is 5.11. The van der Waals surface area contributed by atoms with Crippen molar-refractivity contribution in [1.29, 1.82) is 0 Å². The van der Waals surface area contributed by atoms with E-state index < -0.39 is 0 Å². The molecule has 1 unspecified atom stereocenters. The van der Waals surface area contributed by atoms with Gasteiger partial charge in [-0.1, -0.05) is 13.8 Å². The van der Waals surface area contributed by atoms with Crippen LogP contribution in [0.3, 0.4) is 0 Å². The lowest BCUT2D eigenvalue weighted by atomic mass is 9.99. The molecule has 1 heterocycles. The molecule has 0 aromatic rings. The Morgan fingerprint density at radius 1 is 1.38 bits per heavy atom. The van der Waals surface area contributed by atoms with Gasteiger partial charge in [0, 0.05) is 26.8 Å². The summed E-state index contributed by atoms with van der Waals surface area (Å²) in [7, 11) is 1.77. The fourth-order valence-corrected chi connectivity index (χ4v) is 2.21. The van der Waals surface area contributed by atoms with Gasteiger partial charge in [-0.05, 0) is 44.3 Å². The van der Waals surface area contributed by atoms with Crippen molar-refractivity contribution in [2.75, 3.05) is 46.4 Å². The van der Waals surface area contributed by atoms with Crippen molar-refractivity contribution in [1.82, 2.24) is 10.2 Å². The molecule has 0 aromatic carbocycles. The summed E-state index contributed by atoms with van der Waals surface area (Å²) < 4.78 is 5.11. The Bertz CT molecular complexity index is 167. The zero-order chi connectivity index (χ0) is 11.8. The van der Waals surface area contributed by atoms with Gasteiger partial charge in [-0.2, -0.15) is 0 Å². The number of hydrogen-bond acceptors (Lipinski definition) is 3. The molecule has 3 nitrogen and oxygen atoms in total. The number of rotatable bonds is 7. The lowest BCUT2D eigenvalue weighted by Crippen LogP contribution is -2.38. The van der Waals surface area contributed by atoms with Crippen molar-refractivity contribution in [3.8, 4) is 0 Å². The van der Waals surface area contributed by atoms with Crippen molar-refractivity contribution in [2.24, 2.45) is 11.8 Å². The normalized spacial score (nSPS) is 21.2. The average Bonchev–Trinajstić information content (AvgIpc) is 2.27. The highest BCUT2D eigenvalue weighted by atomic mass is 16.5. The average molecular weight is 228 g/mol. The highest BCUT2D eigenvalue weighted by molar-refractivity contribution is 4.70. The van der Waals surface area contributed by atoms with Crippen molar-refractivity contribution >= 4 is 0 Å². The Labute approximate surface area is 101 Å². The van der Waals surface area contributed by atoms with E-state index in [0.29, 0.717) is 5.92 Å². The fraction of sp³-hybridized carbons (Fsp3) is 1.00. The van der Waals surface area contributed by atoms with Crippen LogP contribution >= 0.6 is 0 Å². The highest BCUT2D eigenvalue weighted by Crippen LogP contribution is 2.14. The molecule has 0 amide bonds. The summed E-state index contributed by atoms with van der Waals surface area (Å²) in [6, 6.07) is 0. The molecule has 1 N–H and O–H groups in total. The second-order valence-electron chi connectivity index (χ2n) is 5.29. The zero-order valence-corrected chi connectivity index (χ0v) is 11.2. The molecule has 1 aliphatic rings. The lowest BCUT2D eigenvalue weighted by Gasteiger charge is -2.30. The van der Waals surface area contributed by atoms with Crippen LogP contribution in [-0.2, 0) is 4.74 Å². The number of nitrogens with zero attached hydrogens (tertiary/aromatic N) is 1. The third kappa shape index (κ3) is 5.83. The summed E-state index contributed by atoms with van der Waals surface area (Å²) in [6.07, 6.45) is 2.75. The van der Waals surface area contributed by atoms with E-state index in [0.717, 1.165) is 25.6 Å². The highest BCUT2D eigenvalue weighted by Gasteiger charge is 2.14. The zero-order valence-electron chi connectivity index (χ0n) is 11.2. The first-order chi connectivity index (χ1) is 7.72. The number of piperidine rings is 1. The molecule has 1 atom stereocenters. The molecule has 0 aliphatic carbocycles. The monoisotopic (exact) mass is 228 g/mol. The molecule has 0 radical (unpaired) electrons. The minimum absolute atomic E-state index is 0.617. The molecule has 1 saturated heterocycles. The number of methoxy groups -OCH3 is 1. The molecule has 0 bridgehead atoms. The minimum atomic E-state index is 0.617. The van der Waals surface area contributed by atoms with Crippen LogP contribution in [0.15, 0.2) is 0 Å². The van der Waals surface area contributed by atoms with E-state index in [2.05, 4.69) is 24.1 Å². The Kier molecular flexibility index (Phi) is 7.01. The molecule has 96 valence electrons. The summed E-state index contributed by atoms with van der Waals surface area (Å²) in [4.78, 5) is 2.58. The molecular formula is C13H28N2O. The van der Waals surface area contributed by atoms with E-state index in [1.807, 2.05) is 0 Å². The van der Waals surface area contributed by atoms with Gasteiger partial charge in [0.2, 0.25) is 0 Å². The van der Waals surface area contributed by atoms with Gasteiger partial charge in [-0.3, -0.25) is 0 Å². The van der Waals surface area contributed by atoms with Crippen LogP contribution in [0.5, 0.6) is 0 Å². The number of ether oxygens (including phenoxy) is 1. The van der Waals surface area contributed by atoms with E-state index in [9.17, 15) is 0 Å². The van der Waals surface area contributed by atoms with Crippen molar-refractivity contribution < 1.29 is 4.74 Å². The van der Waals surface area contributed by atoms with Gasteiger partial charge in [0.25, 0.3) is 0 Å². The van der Waals surface area contributed by atoms with Crippen LogP contribution in [0.1, 0.15) is 26.7 Å². The Morgan fingerprint density at radius 3 is 2.69 bits per heavy atom. The van der Waals surface area contributed by atoms with Gasteiger partial charge in [-0.15, -0.1) is 0 Å². The minimum Gasteiger partial charge on any atom is -0.384 e. The largest absolute Gasteiger partial charge is 0.384 e. The topological polar surface area (TPSA) is 24.5 Å². The van der Waals surface area contributed by atoms with Gasteiger partial charge >= 0.3 is 0 Å². The number of nitrogens with one attached hydrogen (secondary N) is 1. The van der Waals surface area contributed by atoms with Gasteiger partial charge < -0.3 is 15.0 Å². The molecule has 0 spiro atoms. The van der Waals surface area contributed by atoms with E-state index in [4.69, 9.17) is 4.74 Å². The maximum Gasteiger partial charge on any atom is 0.0499 e. The molecule has 0 saturated carbocycles. The third-order valence-corrected chi connectivity index (χ3v) is 3.43. The molecule has 1 aliphatic heterocycles. The standard InChI is InChI=1S/C13H28N2O/c1-12-4-7-15(8-5-12)9-6-14-10-13(2)11-16-3/h12-14H,4-11H2,1-3H3. The molecule has 1 fully saturated rings. The SMILES string of the molecule is COCC(C)CNCCN1CCC(C)CC1. The smallest absolute Gasteiger partial charge is 0.0499 e. The van der Waals surface area contributed by atoms with Crippen LogP contribution < -0.4 is 5.32 Å². The van der Waals surface area contributed by atoms with Crippen LogP contribution in [0.25, 0.3) is 0 Å². The molecule has 0 aromatic heterocycles. The molecule has 3 heteroatoms. The fourth-order valence-electron chi connectivity index (χ4n) is 2.21. The summed E-state index contributed by atoms with van der Waals surface area (Å²) in [5, 5.41) is 3.51. The molecule has 1 rings (SSSR count). The maximum absolute atomic E-state index is 5.11. The van der Waals surface area contributed by atoms with Crippen LogP contribution in [0.4, 0.5) is 0 Å². The quantitative estimate of drug-likeness (QED) is 0.670.